The van der Waals surface area contributed by atoms with E-state index in [1.807, 2.05) is 0 Å². The van der Waals surface area contributed by atoms with Crippen molar-refractivity contribution in [2.75, 3.05) is 13.1 Å². The van der Waals surface area contributed by atoms with Crippen LogP contribution in [0.3, 0.4) is 0 Å². The van der Waals surface area contributed by atoms with Gasteiger partial charge in [0.25, 0.3) is 0 Å². The maximum absolute atomic E-state index is 11.8. The lowest BCUT2D eigenvalue weighted by Gasteiger charge is -2.27. The van der Waals surface area contributed by atoms with Crippen molar-refractivity contribution in [2.24, 2.45) is 22.5 Å². The van der Waals surface area contributed by atoms with Crippen LogP contribution in [0.2, 0.25) is 0 Å². The van der Waals surface area contributed by atoms with Crippen LogP contribution in [0.1, 0.15) is 53.4 Å². The summed E-state index contributed by atoms with van der Waals surface area (Å²) in [7, 11) is 0. The minimum Gasteiger partial charge on any atom is -0.356 e. The van der Waals surface area contributed by atoms with Gasteiger partial charge in [0.05, 0.1) is 0 Å². The zero-order valence-corrected chi connectivity index (χ0v) is 11.8. The molecule has 3 heteroatoms. The molecule has 1 amide bonds. The molecule has 0 radical (unpaired) electrons. The van der Waals surface area contributed by atoms with Crippen molar-refractivity contribution in [1.82, 2.24) is 5.32 Å². The monoisotopic (exact) mass is 240 g/mol. The molecule has 0 aliphatic heterocycles. The minimum atomic E-state index is 0.190. The molecule has 0 spiro atoms. The van der Waals surface area contributed by atoms with Crippen molar-refractivity contribution < 1.29 is 4.79 Å². The van der Waals surface area contributed by atoms with Crippen molar-refractivity contribution in [1.29, 1.82) is 0 Å². The highest BCUT2D eigenvalue weighted by molar-refractivity contribution is 5.76. The number of carbonyl (C=O) groups is 1. The van der Waals surface area contributed by atoms with Crippen molar-refractivity contribution in [3.8, 4) is 0 Å². The Balaban J connectivity index is 2.26. The van der Waals surface area contributed by atoms with Gasteiger partial charge < -0.3 is 11.1 Å². The molecule has 3 N–H and O–H groups in total. The molecule has 1 aliphatic carbocycles. The predicted octanol–water partition coefficient (Wildman–Crippen LogP) is 2.30. The fourth-order valence-corrected chi connectivity index (χ4v) is 1.94. The number of amides is 1. The fraction of sp³-hybridized carbons (Fsp3) is 0.929. The van der Waals surface area contributed by atoms with E-state index in [4.69, 9.17) is 5.73 Å². The second-order valence-electron chi connectivity index (χ2n) is 6.79. The van der Waals surface area contributed by atoms with E-state index in [1.54, 1.807) is 0 Å². The zero-order valence-electron chi connectivity index (χ0n) is 11.8. The molecule has 0 saturated heterocycles. The first kappa shape index (κ1) is 14.5. The number of nitrogens with two attached hydrogens (primary N) is 1. The van der Waals surface area contributed by atoms with Crippen molar-refractivity contribution in [2.45, 2.75) is 53.4 Å². The average Bonchev–Trinajstić information content (AvgIpc) is 2.95. The second-order valence-corrected chi connectivity index (χ2v) is 6.79. The Hall–Kier alpha value is -0.570. The Morgan fingerprint density at radius 3 is 2.41 bits per heavy atom. The van der Waals surface area contributed by atoms with Crippen LogP contribution in [-0.4, -0.2) is 19.0 Å². The Bertz CT molecular complexity index is 264. The molecule has 3 nitrogen and oxygen atoms in total. The molecule has 1 fully saturated rings. The highest BCUT2D eigenvalue weighted by Gasteiger charge is 2.41. The quantitative estimate of drug-likeness (QED) is 0.748. The summed E-state index contributed by atoms with van der Waals surface area (Å²) in [5, 5.41) is 3.08. The van der Waals surface area contributed by atoms with Gasteiger partial charge in [-0.1, -0.05) is 27.7 Å². The molecule has 1 unspecified atom stereocenters. The van der Waals surface area contributed by atoms with E-state index in [1.165, 1.54) is 12.8 Å². The summed E-state index contributed by atoms with van der Waals surface area (Å²) < 4.78 is 0. The molecule has 1 atom stereocenters. The maximum Gasteiger partial charge on any atom is 0.220 e. The number of hydrogen-bond acceptors (Lipinski definition) is 2. The molecule has 0 heterocycles. The third-order valence-electron chi connectivity index (χ3n) is 4.26. The summed E-state index contributed by atoms with van der Waals surface area (Å²) in [5.74, 6) is 0.600. The summed E-state index contributed by atoms with van der Waals surface area (Å²) in [6, 6.07) is 0. The minimum absolute atomic E-state index is 0.190. The SMILES string of the molecule is CC(CC(=O)NCC1(CCN)CC1)C(C)(C)C. The first-order valence-electron chi connectivity index (χ1n) is 6.76. The lowest BCUT2D eigenvalue weighted by Crippen LogP contribution is -2.33. The molecule has 17 heavy (non-hydrogen) atoms. The van der Waals surface area contributed by atoms with E-state index in [0.29, 0.717) is 17.8 Å². The van der Waals surface area contributed by atoms with E-state index in [2.05, 4.69) is 33.0 Å². The molecular formula is C14H28N2O. The standard InChI is InChI=1S/C14H28N2O/c1-11(13(2,3)4)9-12(17)16-10-14(5-6-14)7-8-15/h11H,5-10,15H2,1-4H3,(H,16,17). The van der Waals surface area contributed by atoms with E-state index in [0.717, 1.165) is 19.5 Å². The predicted molar refractivity (Wildman–Crippen MR) is 71.6 cm³/mol. The van der Waals surface area contributed by atoms with Gasteiger partial charge in [-0.2, -0.15) is 0 Å². The van der Waals surface area contributed by atoms with Crippen molar-refractivity contribution in [3.05, 3.63) is 0 Å². The number of carbonyl (C=O) groups excluding carboxylic acids is 1. The van der Waals surface area contributed by atoms with E-state index >= 15 is 0 Å². The first-order valence-corrected chi connectivity index (χ1v) is 6.76. The Morgan fingerprint density at radius 1 is 1.41 bits per heavy atom. The number of rotatable bonds is 6. The van der Waals surface area contributed by atoms with Crippen molar-refractivity contribution >= 4 is 5.91 Å². The van der Waals surface area contributed by atoms with Crippen molar-refractivity contribution in [3.63, 3.8) is 0 Å². The lowest BCUT2D eigenvalue weighted by molar-refractivity contribution is -0.122. The summed E-state index contributed by atoms with van der Waals surface area (Å²) in [5.41, 5.74) is 6.13. The van der Waals surface area contributed by atoms with Gasteiger partial charge in [0.2, 0.25) is 5.91 Å². The van der Waals surface area contributed by atoms with Gasteiger partial charge in [0, 0.05) is 13.0 Å². The van der Waals surface area contributed by atoms with Gasteiger partial charge in [0.15, 0.2) is 0 Å². The van der Waals surface area contributed by atoms with Crippen LogP contribution in [-0.2, 0) is 4.79 Å². The van der Waals surface area contributed by atoms with Gasteiger partial charge >= 0.3 is 0 Å². The topological polar surface area (TPSA) is 55.1 Å². The van der Waals surface area contributed by atoms with Gasteiger partial charge in [-0.3, -0.25) is 4.79 Å². The Labute approximate surface area is 106 Å². The molecule has 0 aromatic heterocycles. The molecule has 0 aromatic rings. The smallest absolute Gasteiger partial charge is 0.220 e. The van der Waals surface area contributed by atoms with Gasteiger partial charge in [-0.25, -0.2) is 0 Å². The van der Waals surface area contributed by atoms with Crippen LogP contribution in [0.15, 0.2) is 0 Å². The van der Waals surface area contributed by atoms with Crippen LogP contribution in [0.5, 0.6) is 0 Å². The third kappa shape index (κ3) is 4.66. The third-order valence-corrected chi connectivity index (χ3v) is 4.26. The lowest BCUT2D eigenvalue weighted by atomic mass is 9.80. The largest absolute Gasteiger partial charge is 0.356 e. The van der Waals surface area contributed by atoms with Gasteiger partial charge in [-0.15, -0.1) is 0 Å². The fourth-order valence-electron chi connectivity index (χ4n) is 1.94. The van der Waals surface area contributed by atoms with Crippen LogP contribution in [0.4, 0.5) is 0 Å². The van der Waals surface area contributed by atoms with E-state index < -0.39 is 0 Å². The highest BCUT2D eigenvalue weighted by Crippen LogP contribution is 2.47. The van der Waals surface area contributed by atoms with Crippen LogP contribution >= 0.6 is 0 Å². The Morgan fingerprint density at radius 2 is 2.00 bits per heavy atom. The average molecular weight is 240 g/mol. The van der Waals surface area contributed by atoms with Gasteiger partial charge in [-0.05, 0) is 42.6 Å². The molecular weight excluding hydrogens is 212 g/mol. The van der Waals surface area contributed by atoms with E-state index in [-0.39, 0.29) is 11.3 Å². The second kappa shape index (κ2) is 5.38. The number of nitrogens with one attached hydrogen (secondary N) is 1. The zero-order chi connectivity index (χ0) is 13.1. The highest BCUT2D eigenvalue weighted by atomic mass is 16.1. The summed E-state index contributed by atoms with van der Waals surface area (Å²) in [6.45, 7) is 10.2. The molecule has 1 saturated carbocycles. The molecule has 1 aliphatic rings. The molecule has 100 valence electrons. The normalized spacial score (nSPS) is 19.8. The van der Waals surface area contributed by atoms with Crippen LogP contribution in [0.25, 0.3) is 0 Å². The first-order chi connectivity index (χ1) is 7.79. The molecule has 0 aromatic carbocycles. The summed E-state index contributed by atoms with van der Waals surface area (Å²) in [6.07, 6.45) is 4.11. The Kier molecular flexibility index (Phi) is 4.59. The maximum atomic E-state index is 11.8. The summed E-state index contributed by atoms with van der Waals surface area (Å²) >= 11 is 0. The molecule has 0 bridgehead atoms. The van der Waals surface area contributed by atoms with Gasteiger partial charge in [0.1, 0.15) is 0 Å². The summed E-state index contributed by atoms with van der Waals surface area (Å²) in [4.78, 5) is 11.8. The molecule has 1 rings (SSSR count). The van der Waals surface area contributed by atoms with Crippen LogP contribution in [0, 0.1) is 16.7 Å². The van der Waals surface area contributed by atoms with Crippen LogP contribution < -0.4 is 11.1 Å². The number of hydrogen-bond donors (Lipinski definition) is 2. The van der Waals surface area contributed by atoms with E-state index in [9.17, 15) is 4.79 Å².